The van der Waals surface area contributed by atoms with Crippen molar-refractivity contribution < 1.29 is 14.3 Å². The number of carbonyl (C=O) groups excluding carboxylic acids is 2. The Morgan fingerprint density at radius 2 is 1.42 bits per heavy atom. The minimum atomic E-state index is -0.182. The van der Waals surface area contributed by atoms with Gasteiger partial charge in [-0.1, -0.05) is 29.8 Å². The highest BCUT2D eigenvalue weighted by Gasteiger charge is 2.08. The third-order valence-corrected chi connectivity index (χ3v) is 3.57. The molecule has 2 aromatic rings. The molecule has 2 amide bonds. The van der Waals surface area contributed by atoms with Gasteiger partial charge in [-0.05, 0) is 36.8 Å². The van der Waals surface area contributed by atoms with Crippen molar-refractivity contribution in [2.75, 3.05) is 20.3 Å². The zero-order valence-corrected chi connectivity index (χ0v) is 14.0. The largest absolute Gasteiger partial charge is 0.383 e. The Morgan fingerprint density at radius 3 is 1.96 bits per heavy atom. The molecule has 0 aromatic heterocycles. The fourth-order valence-corrected chi connectivity index (χ4v) is 2.13. The summed E-state index contributed by atoms with van der Waals surface area (Å²) in [6.45, 7) is 3.41. The lowest BCUT2D eigenvalue weighted by Crippen LogP contribution is -2.27. The van der Waals surface area contributed by atoms with Gasteiger partial charge in [-0.15, -0.1) is 0 Å². The van der Waals surface area contributed by atoms with Crippen molar-refractivity contribution in [3.05, 3.63) is 70.8 Å². The van der Waals surface area contributed by atoms with Crippen LogP contribution in [0.1, 0.15) is 31.8 Å². The summed E-state index contributed by atoms with van der Waals surface area (Å²) in [5.41, 5.74) is 3.27. The predicted octanol–water partition coefficient (Wildman–Crippen LogP) is 2.30. The molecule has 5 heteroatoms. The Hall–Kier alpha value is -2.66. The van der Waals surface area contributed by atoms with E-state index in [2.05, 4.69) is 10.6 Å². The van der Waals surface area contributed by atoms with E-state index in [0.717, 1.165) is 5.56 Å². The summed E-state index contributed by atoms with van der Waals surface area (Å²) >= 11 is 0. The number of ether oxygens (including phenoxy) is 1. The molecule has 5 nitrogen and oxygen atoms in total. The molecule has 24 heavy (non-hydrogen) atoms. The van der Waals surface area contributed by atoms with Crippen LogP contribution in [0.4, 0.5) is 0 Å². The zero-order valence-electron chi connectivity index (χ0n) is 14.0. The minimum Gasteiger partial charge on any atom is -0.383 e. The highest BCUT2D eigenvalue weighted by Crippen LogP contribution is 2.06. The molecule has 0 atom stereocenters. The van der Waals surface area contributed by atoms with E-state index in [9.17, 15) is 9.59 Å². The fraction of sp³-hybridized carbons (Fsp3) is 0.263. The van der Waals surface area contributed by atoms with Gasteiger partial charge < -0.3 is 15.4 Å². The number of benzene rings is 2. The molecular weight excluding hydrogens is 304 g/mol. The Labute approximate surface area is 142 Å². The van der Waals surface area contributed by atoms with Gasteiger partial charge in [0.2, 0.25) is 0 Å². The van der Waals surface area contributed by atoms with Crippen LogP contribution >= 0.6 is 0 Å². The van der Waals surface area contributed by atoms with Gasteiger partial charge in [0.05, 0.1) is 6.61 Å². The summed E-state index contributed by atoms with van der Waals surface area (Å²) in [5, 5.41) is 5.60. The minimum absolute atomic E-state index is 0.165. The van der Waals surface area contributed by atoms with Gasteiger partial charge in [0, 0.05) is 31.3 Å². The molecule has 0 saturated heterocycles. The first kappa shape index (κ1) is 17.7. The second kappa shape index (κ2) is 8.84. The molecule has 2 aromatic carbocycles. The van der Waals surface area contributed by atoms with Crippen molar-refractivity contribution in [3.8, 4) is 0 Å². The first-order valence-corrected chi connectivity index (χ1v) is 7.81. The van der Waals surface area contributed by atoms with E-state index in [1.54, 1.807) is 31.4 Å². The first-order valence-electron chi connectivity index (χ1n) is 7.81. The van der Waals surface area contributed by atoms with Crippen molar-refractivity contribution in [1.29, 1.82) is 0 Å². The second-order valence-electron chi connectivity index (χ2n) is 5.49. The number of amides is 2. The molecule has 0 bridgehead atoms. The van der Waals surface area contributed by atoms with E-state index in [0.29, 0.717) is 30.8 Å². The third-order valence-electron chi connectivity index (χ3n) is 3.57. The Bertz CT molecular complexity index is 679. The molecule has 0 saturated carbocycles. The number of carbonyl (C=O) groups is 2. The molecule has 0 aliphatic carbocycles. The van der Waals surface area contributed by atoms with Crippen molar-refractivity contribution in [1.82, 2.24) is 10.6 Å². The number of nitrogens with one attached hydrogen (secondary N) is 2. The zero-order chi connectivity index (χ0) is 17.4. The number of aryl methyl sites for hydroxylation is 1. The molecule has 0 fully saturated rings. The van der Waals surface area contributed by atoms with Gasteiger partial charge in [0.25, 0.3) is 11.8 Å². The maximum absolute atomic E-state index is 12.1. The summed E-state index contributed by atoms with van der Waals surface area (Å²) in [5.74, 6) is -0.347. The normalized spacial score (nSPS) is 10.2. The predicted molar refractivity (Wildman–Crippen MR) is 93.0 cm³/mol. The highest BCUT2D eigenvalue weighted by molar-refractivity contribution is 5.97. The van der Waals surface area contributed by atoms with Crippen LogP contribution < -0.4 is 10.6 Å². The van der Waals surface area contributed by atoms with E-state index >= 15 is 0 Å². The van der Waals surface area contributed by atoms with Crippen molar-refractivity contribution >= 4 is 11.8 Å². The topological polar surface area (TPSA) is 67.4 Å². The van der Waals surface area contributed by atoms with Crippen molar-refractivity contribution in [2.45, 2.75) is 13.5 Å². The standard InChI is InChI=1S/C19H22N2O3/c1-14-3-5-15(6-4-14)13-21-19(23)17-9-7-16(8-10-17)18(22)20-11-12-24-2/h3-10H,11-13H2,1-2H3,(H,20,22)(H,21,23). The lowest BCUT2D eigenvalue weighted by Gasteiger charge is -2.07. The summed E-state index contributed by atoms with van der Waals surface area (Å²) in [6.07, 6.45) is 0. The van der Waals surface area contributed by atoms with Crippen LogP contribution in [-0.4, -0.2) is 32.1 Å². The molecule has 126 valence electrons. The fourth-order valence-electron chi connectivity index (χ4n) is 2.13. The molecule has 0 aliphatic rings. The lowest BCUT2D eigenvalue weighted by molar-refractivity contribution is 0.0930. The maximum Gasteiger partial charge on any atom is 0.251 e. The van der Waals surface area contributed by atoms with Gasteiger partial charge >= 0.3 is 0 Å². The van der Waals surface area contributed by atoms with Crippen molar-refractivity contribution in [2.24, 2.45) is 0 Å². The average Bonchev–Trinajstić information content (AvgIpc) is 2.61. The molecule has 0 spiro atoms. The summed E-state index contributed by atoms with van der Waals surface area (Å²) in [7, 11) is 1.58. The monoisotopic (exact) mass is 326 g/mol. The number of hydrogen-bond acceptors (Lipinski definition) is 3. The number of methoxy groups -OCH3 is 1. The van der Waals surface area contributed by atoms with Crippen LogP contribution in [0.15, 0.2) is 48.5 Å². The number of rotatable bonds is 7. The molecule has 2 rings (SSSR count). The van der Waals surface area contributed by atoms with Gasteiger partial charge in [0.1, 0.15) is 0 Å². The van der Waals surface area contributed by atoms with Crippen LogP contribution in [0, 0.1) is 6.92 Å². The van der Waals surface area contributed by atoms with Crippen molar-refractivity contribution in [3.63, 3.8) is 0 Å². The van der Waals surface area contributed by atoms with E-state index in [1.165, 1.54) is 5.56 Å². The number of hydrogen-bond donors (Lipinski definition) is 2. The smallest absolute Gasteiger partial charge is 0.251 e. The first-order chi connectivity index (χ1) is 11.6. The van der Waals surface area contributed by atoms with Crippen LogP contribution in [0.2, 0.25) is 0 Å². The van der Waals surface area contributed by atoms with E-state index < -0.39 is 0 Å². The molecule has 0 aliphatic heterocycles. The van der Waals surface area contributed by atoms with E-state index in [4.69, 9.17) is 4.74 Å². The van der Waals surface area contributed by atoms with Crippen LogP contribution in [0.3, 0.4) is 0 Å². The highest BCUT2D eigenvalue weighted by atomic mass is 16.5. The SMILES string of the molecule is COCCNC(=O)c1ccc(C(=O)NCc2ccc(C)cc2)cc1. The molecular formula is C19H22N2O3. The Kier molecular flexibility index (Phi) is 6.51. The molecule has 0 heterocycles. The van der Waals surface area contributed by atoms with Gasteiger partial charge in [-0.2, -0.15) is 0 Å². The molecule has 2 N–H and O–H groups in total. The van der Waals surface area contributed by atoms with Gasteiger partial charge in [0.15, 0.2) is 0 Å². The molecule has 0 unspecified atom stereocenters. The Morgan fingerprint density at radius 1 is 0.875 bits per heavy atom. The Balaban J connectivity index is 1.88. The second-order valence-corrected chi connectivity index (χ2v) is 5.49. The quantitative estimate of drug-likeness (QED) is 0.767. The van der Waals surface area contributed by atoms with Crippen LogP contribution in [0.25, 0.3) is 0 Å². The van der Waals surface area contributed by atoms with Crippen LogP contribution in [0.5, 0.6) is 0 Å². The molecule has 0 radical (unpaired) electrons. The lowest BCUT2D eigenvalue weighted by atomic mass is 10.1. The maximum atomic E-state index is 12.1. The summed E-state index contributed by atoms with van der Waals surface area (Å²) in [4.78, 5) is 24.0. The van der Waals surface area contributed by atoms with Crippen LogP contribution in [-0.2, 0) is 11.3 Å². The summed E-state index contributed by atoms with van der Waals surface area (Å²) < 4.78 is 4.88. The average molecular weight is 326 g/mol. The van der Waals surface area contributed by atoms with Gasteiger partial charge in [-0.3, -0.25) is 9.59 Å². The van der Waals surface area contributed by atoms with E-state index in [1.807, 2.05) is 31.2 Å². The van der Waals surface area contributed by atoms with Gasteiger partial charge in [-0.25, -0.2) is 0 Å². The summed E-state index contributed by atoms with van der Waals surface area (Å²) in [6, 6.07) is 14.6. The third kappa shape index (κ3) is 5.21. The van der Waals surface area contributed by atoms with E-state index in [-0.39, 0.29) is 11.8 Å².